The lowest BCUT2D eigenvalue weighted by Gasteiger charge is -2.33. The van der Waals surface area contributed by atoms with Gasteiger partial charge < -0.3 is 9.84 Å². The Morgan fingerprint density at radius 3 is 3.08 bits per heavy atom. The topological polar surface area (TPSA) is 67.6 Å². The van der Waals surface area contributed by atoms with E-state index in [0.717, 1.165) is 49.4 Å². The zero-order valence-corrected chi connectivity index (χ0v) is 14.7. The minimum absolute atomic E-state index is 0.193. The second kappa shape index (κ2) is 6.96. The van der Waals surface area contributed by atoms with Gasteiger partial charge in [-0.15, -0.1) is 6.58 Å². The Labute approximate surface area is 152 Å². The summed E-state index contributed by atoms with van der Waals surface area (Å²) in [6.45, 7) is 6.63. The lowest BCUT2D eigenvalue weighted by atomic mass is 9.90. The Kier molecular flexibility index (Phi) is 4.51. The molecule has 1 N–H and O–H groups in total. The van der Waals surface area contributed by atoms with Crippen LogP contribution in [0.15, 0.2) is 36.9 Å². The lowest BCUT2D eigenvalue weighted by Crippen LogP contribution is -2.40. The first-order valence-electron chi connectivity index (χ1n) is 9.05. The molecule has 0 bridgehead atoms. The summed E-state index contributed by atoms with van der Waals surface area (Å²) in [6.07, 6.45) is 4.31. The molecule has 2 heterocycles. The van der Waals surface area contributed by atoms with E-state index < -0.39 is 5.97 Å². The molecule has 1 aliphatic heterocycles. The van der Waals surface area contributed by atoms with Crippen LogP contribution in [0.2, 0.25) is 0 Å². The Hall–Kier alpha value is -2.60. The van der Waals surface area contributed by atoms with Gasteiger partial charge in [0.2, 0.25) is 0 Å². The fourth-order valence-corrected chi connectivity index (χ4v) is 4.08. The van der Waals surface area contributed by atoms with Gasteiger partial charge in [-0.05, 0) is 25.3 Å². The van der Waals surface area contributed by atoms with E-state index in [9.17, 15) is 9.90 Å². The summed E-state index contributed by atoms with van der Waals surface area (Å²) in [6, 6.07) is 8.45. The average Bonchev–Trinajstić information content (AvgIpc) is 2.86. The van der Waals surface area contributed by atoms with Gasteiger partial charge in [0.15, 0.2) is 5.69 Å². The summed E-state index contributed by atoms with van der Waals surface area (Å²) in [5, 5.41) is 13.9. The highest BCUT2D eigenvalue weighted by Crippen LogP contribution is 2.31. The molecule has 0 unspecified atom stereocenters. The molecular formula is C20H23N3O3. The van der Waals surface area contributed by atoms with Crippen molar-refractivity contribution in [3.8, 4) is 5.75 Å². The van der Waals surface area contributed by atoms with Crippen molar-refractivity contribution >= 4 is 5.97 Å². The van der Waals surface area contributed by atoms with Crippen LogP contribution in [-0.2, 0) is 25.9 Å². The molecule has 0 amide bonds. The number of ether oxygens (including phenoxy) is 1. The highest BCUT2D eigenvalue weighted by atomic mass is 16.5. The lowest BCUT2D eigenvalue weighted by molar-refractivity contribution is 0.0687. The van der Waals surface area contributed by atoms with Crippen molar-refractivity contribution in [2.24, 2.45) is 0 Å². The molecule has 1 aliphatic carbocycles. The number of fused-ring (bicyclic) bond motifs is 2. The monoisotopic (exact) mass is 353 g/mol. The zero-order chi connectivity index (χ0) is 18.1. The van der Waals surface area contributed by atoms with Crippen LogP contribution in [0.3, 0.4) is 0 Å². The molecule has 0 saturated heterocycles. The SMILES string of the molecule is C=CCn1nc(C(=O)O)c2c1CC[C@@H](N1CCOc3ccccc3C1)C2. The Morgan fingerprint density at radius 2 is 2.27 bits per heavy atom. The van der Waals surface area contributed by atoms with Crippen LogP contribution in [0.5, 0.6) is 5.75 Å². The smallest absolute Gasteiger partial charge is 0.356 e. The molecule has 2 aliphatic rings. The van der Waals surface area contributed by atoms with Gasteiger partial charge in [0, 0.05) is 36.0 Å². The first kappa shape index (κ1) is 16.8. The molecule has 2 aromatic rings. The van der Waals surface area contributed by atoms with E-state index >= 15 is 0 Å². The van der Waals surface area contributed by atoms with Crippen LogP contribution >= 0.6 is 0 Å². The number of carbonyl (C=O) groups is 1. The van der Waals surface area contributed by atoms with Gasteiger partial charge in [-0.3, -0.25) is 9.58 Å². The number of nitrogens with zero attached hydrogens (tertiary/aromatic N) is 3. The van der Waals surface area contributed by atoms with Gasteiger partial charge in [0.25, 0.3) is 0 Å². The number of aromatic carboxylic acids is 1. The van der Waals surface area contributed by atoms with E-state index in [1.807, 2.05) is 18.2 Å². The van der Waals surface area contributed by atoms with Gasteiger partial charge in [-0.2, -0.15) is 5.10 Å². The third-order valence-corrected chi connectivity index (χ3v) is 5.32. The quantitative estimate of drug-likeness (QED) is 0.856. The highest BCUT2D eigenvalue weighted by Gasteiger charge is 2.32. The van der Waals surface area contributed by atoms with Gasteiger partial charge in [0.1, 0.15) is 12.4 Å². The molecule has 0 radical (unpaired) electrons. The van der Waals surface area contributed by atoms with Crippen molar-refractivity contribution in [2.45, 2.75) is 38.4 Å². The number of allylic oxidation sites excluding steroid dienone is 1. The van der Waals surface area contributed by atoms with Crippen LogP contribution in [0.4, 0.5) is 0 Å². The predicted octanol–water partition coefficient (Wildman–Crippen LogP) is 2.52. The van der Waals surface area contributed by atoms with Crippen molar-refractivity contribution < 1.29 is 14.6 Å². The minimum Gasteiger partial charge on any atom is -0.492 e. The average molecular weight is 353 g/mol. The number of hydrogen-bond acceptors (Lipinski definition) is 4. The molecule has 26 heavy (non-hydrogen) atoms. The molecule has 0 spiro atoms. The molecule has 1 aromatic carbocycles. The summed E-state index contributed by atoms with van der Waals surface area (Å²) < 4.78 is 7.67. The van der Waals surface area contributed by atoms with Crippen LogP contribution in [0.1, 0.15) is 33.7 Å². The standard InChI is InChI=1S/C20H23N3O3/c1-2-9-23-17-8-7-15(12-16(17)19(21-23)20(24)25)22-10-11-26-18-6-4-3-5-14(18)13-22/h2-6,15H,1,7-13H2,(H,24,25)/t15-/m1/s1. The zero-order valence-electron chi connectivity index (χ0n) is 14.7. The summed E-state index contributed by atoms with van der Waals surface area (Å²) in [7, 11) is 0. The van der Waals surface area contributed by atoms with Crippen LogP contribution in [0, 0.1) is 0 Å². The van der Waals surface area contributed by atoms with E-state index in [0.29, 0.717) is 19.2 Å². The summed E-state index contributed by atoms with van der Waals surface area (Å²) in [4.78, 5) is 14.1. The second-order valence-electron chi connectivity index (χ2n) is 6.87. The fourth-order valence-electron chi connectivity index (χ4n) is 4.08. The largest absolute Gasteiger partial charge is 0.492 e. The van der Waals surface area contributed by atoms with E-state index in [2.05, 4.69) is 22.6 Å². The third-order valence-electron chi connectivity index (χ3n) is 5.32. The van der Waals surface area contributed by atoms with Crippen molar-refractivity contribution in [1.29, 1.82) is 0 Å². The minimum atomic E-state index is -0.950. The van der Waals surface area contributed by atoms with Crippen molar-refractivity contribution in [3.63, 3.8) is 0 Å². The summed E-state index contributed by atoms with van der Waals surface area (Å²) >= 11 is 0. The number of para-hydroxylation sites is 1. The Morgan fingerprint density at radius 1 is 1.42 bits per heavy atom. The molecular weight excluding hydrogens is 330 g/mol. The van der Waals surface area contributed by atoms with E-state index in [1.54, 1.807) is 10.8 Å². The molecule has 0 saturated carbocycles. The van der Waals surface area contributed by atoms with Crippen LogP contribution in [-0.4, -0.2) is 44.9 Å². The fraction of sp³-hybridized carbons (Fsp3) is 0.400. The molecule has 136 valence electrons. The normalized spacial score (nSPS) is 19.8. The van der Waals surface area contributed by atoms with E-state index in [-0.39, 0.29) is 5.69 Å². The van der Waals surface area contributed by atoms with Gasteiger partial charge in [0.05, 0.1) is 6.54 Å². The maximum Gasteiger partial charge on any atom is 0.356 e. The Bertz CT molecular complexity index is 843. The van der Waals surface area contributed by atoms with Gasteiger partial charge in [-0.1, -0.05) is 24.3 Å². The maximum atomic E-state index is 11.7. The van der Waals surface area contributed by atoms with Crippen LogP contribution in [0.25, 0.3) is 0 Å². The first-order valence-corrected chi connectivity index (χ1v) is 9.05. The number of rotatable bonds is 4. The summed E-state index contributed by atoms with van der Waals surface area (Å²) in [5.74, 6) is 0.00536. The van der Waals surface area contributed by atoms with Gasteiger partial charge in [-0.25, -0.2) is 4.79 Å². The summed E-state index contributed by atoms with van der Waals surface area (Å²) in [5.41, 5.74) is 3.31. The molecule has 6 nitrogen and oxygen atoms in total. The number of aromatic nitrogens is 2. The molecule has 1 atom stereocenters. The number of hydrogen-bond donors (Lipinski definition) is 1. The molecule has 6 heteroatoms. The Balaban J connectivity index is 1.60. The second-order valence-corrected chi connectivity index (χ2v) is 6.87. The highest BCUT2D eigenvalue weighted by molar-refractivity contribution is 5.87. The van der Waals surface area contributed by atoms with E-state index in [4.69, 9.17) is 4.74 Å². The van der Waals surface area contributed by atoms with Gasteiger partial charge >= 0.3 is 5.97 Å². The van der Waals surface area contributed by atoms with Crippen LogP contribution < -0.4 is 4.74 Å². The number of carboxylic acid groups (broad SMARTS) is 1. The predicted molar refractivity (Wildman–Crippen MR) is 97.5 cm³/mol. The van der Waals surface area contributed by atoms with Crippen molar-refractivity contribution in [1.82, 2.24) is 14.7 Å². The van der Waals surface area contributed by atoms with Crippen molar-refractivity contribution in [2.75, 3.05) is 13.2 Å². The number of carboxylic acids is 1. The number of benzene rings is 1. The third kappa shape index (κ3) is 3.01. The molecule has 4 rings (SSSR count). The molecule has 1 aromatic heterocycles. The van der Waals surface area contributed by atoms with E-state index in [1.165, 1.54) is 5.56 Å². The molecule has 0 fully saturated rings. The maximum absolute atomic E-state index is 11.7. The first-order chi connectivity index (χ1) is 12.7. The van der Waals surface area contributed by atoms with Crippen molar-refractivity contribution in [3.05, 3.63) is 59.4 Å².